The zero-order valence-corrected chi connectivity index (χ0v) is 14.9. The summed E-state index contributed by atoms with van der Waals surface area (Å²) in [6.45, 7) is 4.20. The Morgan fingerprint density at radius 2 is 1.96 bits per heavy atom. The highest BCUT2D eigenvalue weighted by molar-refractivity contribution is 6.30. The minimum Gasteiger partial charge on any atom is -0.481 e. The van der Waals surface area contributed by atoms with Gasteiger partial charge in [0.05, 0.1) is 29.1 Å². The number of likely N-dealkylation sites (tertiary alicyclic amines) is 1. The summed E-state index contributed by atoms with van der Waals surface area (Å²) in [5, 5.41) is 14.3. The van der Waals surface area contributed by atoms with Gasteiger partial charge in [0, 0.05) is 17.6 Å². The maximum atomic E-state index is 13.0. The number of aliphatic carboxylic acids is 1. The molecule has 1 N–H and O–H groups in total. The monoisotopic (exact) mass is 361 g/mol. The summed E-state index contributed by atoms with van der Waals surface area (Å²) in [5.41, 5.74) is 2.03. The molecular formula is C18H20ClN3O3. The second-order valence-corrected chi connectivity index (χ2v) is 6.79. The highest BCUT2D eigenvalue weighted by atomic mass is 35.5. The topological polar surface area (TPSA) is 75.4 Å². The first-order valence-corrected chi connectivity index (χ1v) is 8.62. The van der Waals surface area contributed by atoms with Crippen LogP contribution in [0.15, 0.2) is 30.5 Å². The lowest BCUT2D eigenvalue weighted by Crippen LogP contribution is -2.49. The van der Waals surface area contributed by atoms with Crippen LogP contribution in [0.4, 0.5) is 0 Å². The van der Waals surface area contributed by atoms with E-state index in [4.69, 9.17) is 11.6 Å². The van der Waals surface area contributed by atoms with Gasteiger partial charge in [-0.2, -0.15) is 5.10 Å². The Balaban J connectivity index is 1.88. The average molecular weight is 362 g/mol. The fraction of sp³-hybridized carbons (Fsp3) is 0.389. The third-order valence-electron chi connectivity index (χ3n) is 4.88. The normalized spacial score (nSPS) is 20.5. The first kappa shape index (κ1) is 17.5. The van der Waals surface area contributed by atoms with Crippen LogP contribution in [0, 0.1) is 12.8 Å². The number of halogens is 1. The molecule has 1 aromatic carbocycles. The lowest BCUT2D eigenvalue weighted by Gasteiger charge is -2.37. The number of aromatic nitrogens is 2. The van der Waals surface area contributed by atoms with Crippen LogP contribution in [0.2, 0.25) is 5.02 Å². The van der Waals surface area contributed by atoms with Gasteiger partial charge in [-0.15, -0.1) is 0 Å². The van der Waals surface area contributed by atoms with E-state index in [9.17, 15) is 14.7 Å². The van der Waals surface area contributed by atoms with Crippen LogP contribution < -0.4 is 0 Å². The number of carbonyl (C=O) groups excluding carboxylic acids is 1. The van der Waals surface area contributed by atoms with Gasteiger partial charge in [0.1, 0.15) is 0 Å². The van der Waals surface area contributed by atoms with E-state index >= 15 is 0 Å². The van der Waals surface area contributed by atoms with Crippen molar-refractivity contribution in [2.75, 3.05) is 6.54 Å². The molecule has 2 atom stereocenters. The number of carboxylic acid groups (broad SMARTS) is 1. The van der Waals surface area contributed by atoms with Crippen molar-refractivity contribution in [3.05, 3.63) is 46.7 Å². The van der Waals surface area contributed by atoms with Crippen LogP contribution in [0.5, 0.6) is 0 Å². The summed E-state index contributed by atoms with van der Waals surface area (Å²) in [7, 11) is 0. The number of amides is 1. The van der Waals surface area contributed by atoms with Crippen LogP contribution in [-0.2, 0) is 4.79 Å². The molecular weight excluding hydrogens is 342 g/mol. The van der Waals surface area contributed by atoms with Gasteiger partial charge in [0.15, 0.2) is 0 Å². The van der Waals surface area contributed by atoms with Crippen molar-refractivity contribution in [2.45, 2.75) is 32.7 Å². The minimum absolute atomic E-state index is 0.170. The molecule has 0 radical (unpaired) electrons. The lowest BCUT2D eigenvalue weighted by atomic mass is 9.90. The lowest BCUT2D eigenvalue weighted by molar-refractivity contribution is -0.144. The third-order valence-corrected chi connectivity index (χ3v) is 5.13. The molecule has 0 unspecified atom stereocenters. The van der Waals surface area contributed by atoms with Crippen molar-refractivity contribution in [2.24, 2.45) is 5.92 Å². The summed E-state index contributed by atoms with van der Waals surface area (Å²) in [4.78, 5) is 26.0. The van der Waals surface area contributed by atoms with Gasteiger partial charge in [-0.25, -0.2) is 4.68 Å². The van der Waals surface area contributed by atoms with Gasteiger partial charge < -0.3 is 10.0 Å². The predicted octanol–water partition coefficient (Wildman–Crippen LogP) is 3.16. The summed E-state index contributed by atoms with van der Waals surface area (Å²) in [6.07, 6.45) is 2.84. The average Bonchev–Trinajstić information content (AvgIpc) is 2.96. The Morgan fingerprint density at radius 1 is 1.28 bits per heavy atom. The van der Waals surface area contributed by atoms with E-state index in [0.717, 1.165) is 11.4 Å². The molecule has 132 valence electrons. The maximum Gasteiger partial charge on any atom is 0.308 e. The van der Waals surface area contributed by atoms with Crippen molar-refractivity contribution in [3.8, 4) is 5.69 Å². The molecule has 6 nitrogen and oxygen atoms in total. The fourth-order valence-electron chi connectivity index (χ4n) is 3.38. The van der Waals surface area contributed by atoms with Gasteiger partial charge in [-0.05, 0) is 51.0 Å². The number of carboxylic acids is 1. The molecule has 2 aromatic rings. The third kappa shape index (κ3) is 3.26. The molecule has 1 saturated heterocycles. The summed E-state index contributed by atoms with van der Waals surface area (Å²) < 4.78 is 1.69. The van der Waals surface area contributed by atoms with Crippen molar-refractivity contribution in [1.82, 2.24) is 14.7 Å². The number of rotatable bonds is 3. The second kappa shape index (κ2) is 6.88. The fourth-order valence-corrected chi connectivity index (χ4v) is 3.50. The molecule has 1 aliphatic heterocycles. The summed E-state index contributed by atoms with van der Waals surface area (Å²) in [6, 6.07) is 6.87. The maximum absolute atomic E-state index is 13.0. The Morgan fingerprint density at radius 3 is 2.60 bits per heavy atom. The minimum atomic E-state index is -0.849. The van der Waals surface area contributed by atoms with E-state index < -0.39 is 11.9 Å². The number of benzene rings is 1. The first-order valence-electron chi connectivity index (χ1n) is 8.24. The van der Waals surface area contributed by atoms with E-state index in [1.165, 1.54) is 0 Å². The van der Waals surface area contributed by atoms with E-state index in [0.29, 0.717) is 30.0 Å². The summed E-state index contributed by atoms with van der Waals surface area (Å²) in [5.74, 6) is -1.54. The molecule has 0 saturated carbocycles. The quantitative estimate of drug-likeness (QED) is 0.911. The summed E-state index contributed by atoms with van der Waals surface area (Å²) >= 11 is 5.91. The largest absolute Gasteiger partial charge is 0.481 e. The highest BCUT2D eigenvalue weighted by Gasteiger charge is 2.36. The SMILES string of the molecule is Cc1c(C(=O)N2CCC[C@@H](C(=O)O)[C@H]2C)cnn1-c1ccc(Cl)cc1. The molecule has 3 rings (SSSR count). The molecule has 1 fully saturated rings. The van der Waals surface area contributed by atoms with Gasteiger partial charge in [-0.1, -0.05) is 11.6 Å². The number of hydrogen-bond donors (Lipinski definition) is 1. The molecule has 1 aliphatic rings. The zero-order valence-electron chi connectivity index (χ0n) is 14.1. The number of piperidine rings is 1. The molecule has 1 aromatic heterocycles. The molecule has 7 heteroatoms. The predicted molar refractivity (Wildman–Crippen MR) is 94.2 cm³/mol. The molecule has 2 heterocycles. The Hall–Kier alpha value is -2.34. The molecule has 0 spiro atoms. The van der Waals surface area contributed by atoms with E-state index in [1.54, 1.807) is 34.8 Å². The Bertz CT molecular complexity index is 800. The second-order valence-electron chi connectivity index (χ2n) is 6.36. The van der Waals surface area contributed by atoms with Gasteiger partial charge in [-0.3, -0.25) is 9.59 Å². The molecule has 0 aliphatic carbocycles. The van der Waals surface area contributed by atoms with Gasteiger partial charge in [0.25, 0.3) is 5.91 Å². The number of hydrogen-bond acceptors (Lipinski definition) is 3. The Kier molecular flexibility index (Phi) is 4.81. The van der Waals surface area contributed by atoms with E-state index in [2.05, 4.69) is 5.10 Å². The van der Waals surface area contributed by atoms with Crippen molar-refractivity contribution >= 4 is 23.5 Å². The van der Waals surface area contributed by atoms with Crippen LogP contribution in [0.1, 0.15) is 35.8 Å². The molecule has 0 bridgehead atoms. The van der Waals surface area contributed by atoms with Crippen LogP contribution >= 0.6 is 11.6 Å². The standard InChI is InChI=1S/C18H20ClN3O3/c1-11-15(18(24)25)4-3-9-21(11)17(23)16-10-20-22(12(16)2)14-7-5-13(19)6-8-14/h5-8,10-11,15H,3-4,9H2,1-2H3,(H,24,25)/t11-,15-/m1/s1. The zero-order chi connectivity index (χ0) is 18.1. The van der Waals surface area contributed by atoms with Gasteiger partial charge >= 0.3 is 5.97 Å². The van der Waals surface area contributed by atoms with Gasteiger partial charge in [0.2, 0.25) is 0 Å². The highest BCUT2D eigenvalue weighted by Crippen LogP contribution is 2.26. The number of carbonyl (C=O) groups is 2. The molecule has 1 amide bonds. The van der Waals surface area contributed by atoms with Crippen molar-refractivity contribution in [1.29, 1.82) is 0 Å². The van der Waals surface area contributed by atoms with Crippen molar-refractivity contribution < 1.29 is 14.7 Å². The number of nitrogens with zero attached hydrogens (tertiary/aromatic N) is 3. The molecule has 25 heavy (non-hydrogen) atoms. The first-order chi connectivity index (χ1) is 11.9. The van der Waals surface area contributed by atoms with E-state index in [1.807, 2.05) is 19.1 Å². The van der Waals surface area contributed by atoms with E-state index in [-0.39, 0.29) is 11.9 Å². The van der Waals surface area contributed by atoms with Crippen LogP contribution in [0.25, 0.3) is 5.69 Å². The van der Waals surface area contributed by atoms with Crippen LogP contribution in [-0.4, -0.2) is 44.3 Å². The Labute approximate surface area is 151 Å². The van der Waals surface area contributed by atoms with Crippen LogP contribution in [0.3, 0.4) is 0 Å². The smallest absolute Gasteiger partial charge is 0.308 e. The van der Waals surface area contributed by atoms with Crippen molar-refractivity contribution in [3.63, 3.8) is 0 Å².